The van der Waals surface area contributed by atoms with Gasteiger partial charge in [0, 0.05) is 18.7 Å². The maximum absolute atomic E-state index is 13.0. The molecule has 30 heavy (non-hydrogen) atoms. The van der Waals surface area contributed by atoms with Gasteiger partial charge in [-0.3, -0.25) is 14.5 Å². The van der Waals surface area contributed by atoms with E-state index in [-0.39, 0.29) is 18.2 Å². The first-order chi connectivity index (χ1) is 14.3. The summed E-state index contributed by atoms with van der Waals surface area (Å²) in [6.45, 7) is 10.6. The molecule has 5 nitrogen and oxygen atoms in total. The van der Waals surface area contributed by atoms with Gasteiger partial charge in [-0.05, 0) is 68.5 Å². The number of para-hydroxylation sites is 1. The summed E-state index contributed by atoms with van der Waals surface area (Å²) in [6.07, 6.45) is 0.961. The topological polar surface area (TPSA) is 61.8 Å². The van der Waals surface area contributed by atoms with Gasteiger partial charge in [0.1, 0.15) is 5.25 Å². The average molecular weight is 424 g/mol. The number of amides is 2. The molecule has 1 unspecified atom stereocenters. The number of thioether (sulfide) groups is 1. The van der Waals surface area contributed by atoms with Crippen molar-refractivity contribution in [2.24, 2.45) is 4.99 Å². The van der Waals surface area contributed by atoms with E-state index in [9.17, 15) is 9.59 Å². The van der Waals surface area contributed by atoms with Gasteiger partial charge < -0.3 is 5.32 Å². The third-order valence-electron chi connectivity index (χ3n) is 5.01. The molecule has 3 rings (SSSR count). The van der Waals surface area contributed by atoms with Crippen molar-refractivity contribution in [3.05, 3.63) is 58.7 Å². The third-order valence-corrected chi connectivity index (χ3v) is 6.19. The van der Waals surface area contributed by atoms with Crippen molar-refractivity contribution >= 4 is 40.1 Å². The van der Waals surface area contributed by atoms with E-state index < -0.39 is 5.25 Å². The van der Waals surface area contributed by atoms with Crippen LogP contribution in [-0.2, 0) is 9.59 Å². The minimum absolute atomic E-state index is 0.0402. The van der Waals surface area contributed by atoms with E-state index in [2.05, 4.69) is 11.4 Å². The number of aliphatic imine (C=N–C) groups is 1. The second kappa shape index (κ2) is 9.47. The number of nitrogens with zero attached hydrogens (tertiary/aromatic N) is 2. The van der Waals surface area contributed by atoms with Crippen molar-refractivity contribution in [2.75, 3.05) is 11.9 Å². The summed E-state index contributed by atoms with van der Waals surface area (Å²) in [5.41, 5.74) is 5.96. The van der Waals surface area contributed by atoms with E-state index in [0.717, 1.165) is 40.0 Å². The number of hydrogen-bond donors (Lipinski definition) is 1. The van der Waals surface area contributed by atoms with Crippen molar-refractivity contribution < 1.29 is 9.59 Å². The number of benzene rings is 2. The van der Waals surface area contributed by atoms with Crippen LogP contribution in [-0.4, -0.2) is 33.7 Å². The molecule has 1 fully saturated rings. The molecule has 1 heterocycles. The van der Waals surface area contributed by atoms with Gasteiger partial charge in [0.15, 0.2) is 5.17 Å². The summed E-state index contributed by atoms with van der Waals surface area (Å²) in [5, 5.41) is 3.21. The molecule has 1 aliphatic heterocycles. The van der Waals surface area contributed by atoms with Crippen molar-refractivity contribution in [1.29, 1.82) is 0 Å². The maximum Gasteiger partial charge on any atom is 0.242 e. The summed E-state index contributed by atoms with van der Waals surface area (Å²) in [5.74, 6) is -0.191. The first kappa shape index (κ1) is 22.1. The first-order valence-electron chi connectivity index (χ1n) is 10.3. The Hall–Kier alpha value is -2.60. The Bertz CT molecular complexity index is 959. The van der Waals surface area contributed by atoms with E-state index in [1.165, 1.54) is 11.8 Å². The smallest absolute Gasteiger partial charge is 0.242 e. The van der Waals surface area contributed by atoms with Crippen molar-refractivity contribution in [1.82, 2.24) is 4.90 Å². The van der Waals surface area contributed by atoms with E-state index in [0.29, 0.717) is 11.7 Å². The van der Waals surface area contributed by atoms with Crippen LogP contribution in [0.15, 0.2) is 41.4 Å². The number of rotatable bonds is 6. The summed E-state index contributed by atoms with van der Waals surface area (Å²) >= 11 is 1.39. The number of nitrogens with one attached hydrogen (secondary N) is 1. The van der Waals surface area contributed by atoms with Crippen molar-refractivity contribution in [3.63, 3.8) is 0 Å². The quantitative estimate of drug-likeness (QED) is 0.687. The Morgan fingerprint density at radius 1 is 1.10 bits per heavy atom. The van der Waals surface area contributed by atoms with Gasteiger partial charge in [-0.2, -0.15) is 0 Å². The van der Waals surface area contributed by atoms with Gasteiger partial charge in [-0.1, -0.05) is 43.0 Å². The Labute approximate surface area is 183 Å². The molecule has 0 radical (unpaired) electrons. The van der Waals surface area contributed by atoms with Gasteiger partial charge in [0.25, 0.3) is 0 Å². The van der Waals surface area contributed by atoms with Crippen LogP contribution in [0.5, 0.6) is 0 Å². The first-order valence-corrected chi connectivity index (χ1v) is 11.2. The molecule has 2 aromatic carbocycles. The highest BCUT2D eigenvalue weighted by Gasteiger charge is 2.38. The minimum Gasteiger partial charge on any atom is -0.326 e. The maximum atomic E-state index is 13.0. The summed E-state index contributed by atoms with van der Waals surface area (Å²) < 4.78 is 0. The fourth-order valence-corrected chi connectivity index (χ4v) is 4.83. The normalized spacial score (nSPS) is 17.6. The number of anilines is 1. The molecule has 1 saturated heterocycles. The molecule has 2 amide bonds. The van der Waals surface area contributed by atoms with E-state index in [1.54, 1.807) is 4.90 Å². The van der Waals surface area contributed by atoms with Gasteiger partial charge in [0.05, 0.1) is 5.69 Å². The zero-order chi connectivity index (χ0) is 21.8. The van der Waals surface area contributed by atoms with Gasteiger partial charge in [-0.15, -0.1) is 0 Å². The van der Waals surface area contributed by atoms with Gasteiger partial charge in [-0.25, -0.2) is 4.99 Å². The minimum atomic E-state index is -0.453. The highest BCUT2D eigenvalue weighted by Crippen LogP contribution is 2.32. The molecule has 0 saturated carbocycles. The number of aryl methyl sites for hydroxylation is 4. The highest BCUT2D eigenvalue weighted by molar-refractivity contribution is 8.15. The largest absolute Gasteiger partial charge is 0.326 e. The second-order valence-electron chi connectivity index (χ2n) is 7.86. The van der Waals surface area contributed by atoms with E-state index >= 15 is 0 Å². The molecule has 2 aromatic rings. The number of carbonyl (C=O) groups excluding carboxylic acids is 2. The monoisotopic (exact) mass is 423 g/mol. The molecular weight excluding hydrogens is 394 g/mol. The predicted octanol–water partition coefficient (Wildman–Crippen LogP) is 5.29. The molecule has 6 heteroatoms. The van der Waals surface area contributed by atoms with Gasteiger partial charge in [0.2, 0.25) is 11.8 Å². The molecule has 1 aliphatic rings. The van der Waals surface area contributed by atoms with Gasteiger partial charge >= 0.3 is 0 Å². The third kappa shape index (κ3) is 5.11. The van der Waals surface area contributed by atoms with Crippen LogP contribution in [0.25, 0.3) is 0 Å². The van der Waals surface area contributed by atoms with Crippen LogP contribution in [0.2, 0.25) is 0 Å². The second-order valence-corrected chi connectivity index (χ2v) is 9.03. The van der Waals surface area contributed by atoms with Crippen molar-refractivity contribution in [3.8, 4) is 0 Å². The average Bonchev–Trinajstić information content (AvgIpc) is 2.93. The van der Waals surface area contributed by atoms with Crippen LogP contribution in [0.1, 0.15) is 42.0 Å². The SMILES string of the molecule is CCCN1C(=O)C(CC(=O)Nc2c(C)cccc2C)SC1=Nc1cc(C)cc(C)c1. The standard InChI is InChI=1S/C24H29N3O2S/c1-6-10-27-23(29)20(14-21(28)26-22-17(4)8-7-9-18(22)5)30-24(27)25-19-12-15(2)11-16(3)13-19/h7-9,11-13,20H,6,10,14H2,1-5H3,(H,26,28). The molecule has 0 bridgehead atoms. The summed E-state index contributed by atoms with van der Waals surface area (Å²) in [7, 11) is 0. The Morgan fingerprint density at radius 3 is 2.33 bits per heavy atom. The zero-order valence-electron chi connectivity index (χ0n) is 18.3. The lowest BCUT2D eigenvalue weighted by Gasteiger charge is -2.15. The molecule has 0 aliphatic carbocycles. The molecule has 158 valence electrons. The van der Waals surface area contributed by atoms with Crippen LogP contribution in [0, 0.1) is 27.7 Å². The van der Waals surface area contributed by atoms with Crippen LogP contribution < -0.4 is 5.32 Å². The molecule has 0 aromatic heterocycles. The Morgan fingerprint density at radius 2 is 1.73 bits per heavy atom. The predicted molar refractivity (Wildman–Crippen MR) is 126 cm³/mol. The van der Waals surface area contributed by atoms with Crippen LogP contribution in [0.3, 0.4) is 0 Å². The van der Waals surface area contributed by atoms with E-state index in [4.69, 9.17) is 4.99 Å². The molecule has 1 N–H and O–H groups in total. The number of hydrogen-bond acceptors (Lipinski definition) is 4. The lowest BCUT2D eigenvalue weighted by atomic mass is 10.1. The van der Waals surface area contributed by atoms with Crippen molar-refractivity contribution in [2.45, 2.75) is 52.7 Å². The lowest BCUT2D eigenvalue weighted by Crippen LogP contribution is -2.34. The molecule has 1 atom stereocenters. The lowest BCUT2D eigenvalue weighted by molar-refractivity contribution is -0.128. The fraction of sp³-hybridized carbons (Fsp3) is 0.375. The summed E-state index contributed by atoms with van der Waals surface area (Å²) in [4.78, 5) is 32.2. The number of amidine groups is 1. The summed E-state index contributed by atoms with van der Waals surface area (Å²) in [6, 6.07) is 12.0. The fourth-order valence-electron chi connectivity index (χ4n) is 3.65. The molecular formula is C24H29N3O2S. The zero-order valence-corrected chi connectivity index (χ0v) is 19.1. The van der Waals surface area contributed by atoms with Crippen LogP contribution in [0.4, 0.5) is 11.4 Å². The Balaban J connectivity index is 1.78. The van der Waals surface area contributed by atoms with E-state index in [1.807, 2.05) is 65.0 Å². The molecule has 0 spiro atoms. The number of carbonyl (C=O) groups is 2. The Kier molecular flexibility index (Phi) is 6.98. The van der Waals surface area contributed by atoms with Crippen LogP contribution >= 0.6 is 11.8 Å². The highest BCUT2D eigenvalue weighted by atomic mass is 32.2.